The fourth-order valence-corrected chi connectivity index (χ4v) is 3.11. The first kappa shape index (κ1) is 20.0. The SMILES string of the molecule is CCCCC(c1cc(C(C)(C)C)c(O)c(C(C)(C)C)c1)N(C)C. The molecule has 0 radical (unpaired) electrons. The number of nitrogens with zero attached hydrogens (tertiary/aromatic N) is 1. The van der Waals surface area contributed by atoms with Gasteiger partial charge in [-0.1, -0.05) is 61.3 Å². The van der Waals surface area contributed by atoms with Crippen LogP contribution >= 0.6 is 0 Å². The van der Waals surface area contributed by atoms with E-state index in [1.807, 2.05) is 0 Å². The van der Waals surface area contributed by atoms with E-state index in [-0.39, 0.29) is 10.8 Å². The number of aromatic hydroxyl groups is 1. The summed E-state index contributed by atoms with van der Waals surface area (Å²) in [6.07, 6.45) is 3.58. The second kappa shape index (κ2) is 7.25. The van der Waals surface area contributed by atoms with Gasteiger partial charge in [-0.25, -0.2) is 0 Å². The van der Waals surface area contributed by atoms with Crippen LogP contribution in [-0.4, -0.2) is 24.1 Å². The van der Waals surface area contributed by atoms with Crippen LogP contribution < -0.4 is 0 Å². The molecule has 1 aromatic carbocycles. The van der Waals surface area contributed by atoms with E-state index in [0.717, 1.165) is 17.5 Å². The van der Waals surface area contributed by atoms with Gasteiger partial charge in [0, 0.05) is 6.04 Å². The van der Waals surface area contributed by atoms with Crippen LogP contribution in [0.15, 0.2) is 12.1 Å². The van der Waals surface area contributed by atoms with Gasteiger partial charge >= 0.3 is 0 Å². The van der Waals surface area contributed by atoms with Crippen LogP contribution in [0.1, 0.15) is 90.5 Å². The van der Waals surface area contributed by atoms with Gasteiger partial charge in [-0.05, 0) is 60.2 Å². The van der Waals surface area contributed by atoms with Crippen molar-refractivity contribution in [2.45, 2.75) is 84.6 Å². The minimum atomic E-state index is -0.0677. The summed E-state index contributed by atoms with van der Waals surface area (Å²) in [4.78, 5) is 2.31. The fraction of sp³-hybridized carbons (Fsp3) is 0.714. The second-order valence-corrected chi connectivity index (χ2v) is 9.09. The van der Waals surface area contributed by atoms with Crippen molar-refractivity contribution < 1.29 is 5.11 Å². The standard InChI is InChI=1S/C21H37NO/c1-10-11-12-18(22(8)9)15-13-16(20(2,3)4)19(23)17(14-15)21(5,6)7/h13-14,18,23H,10-12H2,1-9H3. The molecule has 0 fully saturated rings. The van der Waals surface area contributed by atoms with Crippen molar-refractivity contribution >= 4 is 0 Å². The Bertz CT molecular complexity index is 483. The van der Waals surface area contributed by atoms with E-state index in [1.54, 1.807) is 0 Å². The summed E-state index contributed by atoms with van der Waals surface area (Å²) in [5.74, 6) is 0.474. The fourth-order valence-electron chi connectivity index (χ4n) is 3.11. The van der Waals surface area contributed by atoms with E-state index >= 15 is 0 Å². The largest absolute Gasteiger partial charge is 0.507 e. The quantitative estimate of drug-likeness (QED) is 0.743. The molecule has 0 spiro atoms. The molecule has 132 valence electrons. The normalized spacial score (nSPS) is 14.3. The molecule has 23 heavy (non-hydrogen) atoms. The zero-order valence-corrected chi connectivity index (χ0v) is 16.7. The Morgan fingerprint density at radius 1 is 0.957 bits per heavy atom. The number of phenols is 1. The highest BCUT2D eigenvalue weighted by Crippen LogP contribution is 2.42. The van der Waals surface area contributed by atoms with Crippen LogP contribution in [0.25, 0.3) is 0 Å². The van der Waals surface area contributed by atoms with E-state index in [1.165, 1.54) is 18.4 Å². The molecule has 0 aliphatic heterocycles. The topological polar surface area (TPSA) is 23.5 Å². The lowest BCUT2D eigenvalue weighted by Gasteiger charge is -2.32. The van der Waals surface area contributed by atoms with Crippen molar-refractivity contribution in [3.8, 4) is 5.75 Å². The number of phenolic OH excluding ortho intramolecular Hbond substituents is 1. The van der Waals surface area contributed by atoms with Crippen LogP contribution in [0.2, 0.25) is 0 Å². The Labute approximate surface area is 143 Å². The highest BCUT2D eigenvalue weighted by molar-refractivity contribution is 5.50. The maximum absolute atomic E-state index is 10.9. The summed E-state index contributed by atoms with van der Waals surface area (Å²) in [6.45, 7) is 15.3. The minimum absolute atomic E-state index is 0.0677. The molecule has 1 aromatic rings. The van der Waals surface area contributed by atoms with Crippen molar-refractivity contribution in [1.29, 1.82) is 0 Å². The highest BCUT2D eigenvalue weighted by atomic mass is 16.3. The van der Waals surface area contributed by atoms with Gasteiger partial charge in [-0.15, -0.1) is 0 Å². The minimum Gasteiger partial charge on any atom is -0.507 e. The Morgan fingerprint density at radius 3 is 1.70 bits per heavy atom. The van der Waals surface area contributed by atoms with E-state index in [9.17, 15) is 5.11 Å². The Balaban J connectivity index is 3.53. The van der Waals surface area contributed by atoms with Gasteiger partial charge in [0.25, 0.3) is 0 Å². The van der Waals surface area contributed by atoms with E-state index in [0.29, 0.717) is 11.8 Å². The van der Waals surface area contributed by atoms with Gasteiger partial charge in [-0.2, -0.15) is 0 Å². The highest BCUT2D eigenvalue weighted by Gasteiger charge is 2.28. The van der Waals surface area contributed by atoms with Crippen LogP contribution in [0.5, 0.6) is 5.75 Å². The van der Waals surface area contributed by atoms with Crippen molar-refractivity contribution in [3.05, 3.63) is 28.8 Å². The number of unbranched alkanes of at least 4 members (excludes halogenated alkanes) is 1. The Kier molecular flexibility index (Phi) is 6.32. The maximum Gasteiger partial charge on any atom is 0.123 e. The first-order chi connectivity index (χ1) is 10.4. The summed E-state index contributed by atoms with van der Waals surface area (Å²) in [6, 6.07) is 4.85. The molecule has 0 aromatic heterocycles. The maximum atomic E-state index is 10.9. The summed E-state index contributed by atoms with van der Waals surface area (Å²) < 4.78 is 0. The zero-order chi connectivity index (χ0) is 18.0. The average molecular weight is 320 g/mol. The smallest absolute Gasteiger partial charge is 0.123 e. The van der Waals surface area contributed by atoms with Crippen LogP contribution in [0, 0.1) is 0 Å². The second-order valence-electron chi connectivity index (χ2n) is 9.09. The lowest BCUT2D eigenvalue weighted by molar-refractivity contribution is 0.277. The first-order valence-electron chi connectivity index (χ1n) is 8.93. The Hall–Kier alpha value is -1.02. The molecule has 0 heterocycles. The molecule has 2 nitrogen and oxygen atoms in total. The molecule has 1 rings (SSSR count). The van der Waals surface area contributed by atoms with Crippen LogP contribution in [0.3, 0.4) is 0 Å². The van der Waals surface area contributed by atoms with Gasteiger partial charge in [0.2, 0.25) is 0 Å². The molecule has 0 bridgehead atoms. The summed E-state index contributed by atoms with van der Waals surface area (Å²) in [5.41, 5.74) is 3.31. The molecule has 0 saturated carbocycles. The molecule has 1 atom stereocenters. The molecule has 1 unspecified atom stereocenters. The third-order valence-electron chi connectivity index (χ3n) is 4.59. The molecular formula is C21H37NO. The predicted octanol–water partition coefficient (Wildman–Crippen LogP) is 5.78. The van der Waals surface area contributed by atoms with Gasteiger partial charge in [-0.3, -0.25) is 0 Å². The van der Waals surface area contributed by atoms with Crippen molar-refractivity contribution in [2.24, 2.45) is 0 Å². The predicted molar refractivity (Wildman–Crippen MR) is 101 cm³/mol. The molecule has 0 aliphatic rings. The molecule has 0 aliphatic carbocycles. The molecule has 0 amide bonds. The van der Waals surface area contributed by atoms with Gasteiger partial charge in [0.05, 0.1) is 0 Å². The van der Waals surface area contributed by atoms with Gasteiger partial charge in [0.1, 0.15) is 5.75 Å². The van der Waals surface area contributed by atoms with Crippen molar-refractivity contribution in [3.63, 3.8) is 0 Å². The summed E-state index contributed by atoms with van der Waals surface area (Å²) in [5, 5.41) is 10.9. The number of hydrogen-bond acceptors (Lipinski definition) is 2. The summed E-state index contributed by atoms with van der Waals surface area (Å²) in [7, 11) is 4.31. The lowest BCUT2D eigenvalue weighted by Crippen LogP contribution is -2.23. The van der Waals surface area contributed by atoms with Crippen LogP contribution in [0.4, 0.5) is 0 Å². The molecule has 1 N–H and O–H groups in total. The monoisotopic (exact) mass is 319 g/mol. The Morgan fingerprint density at radius 2 is 1.39 bits per heavy atom. The first-order valence-corrected chi connectivity index (χ1v) is 8.93. The van der Waals surface area contributed by atoms with Crippen molar-refractivity contribution in [1.82, 2.24) is 4.90 Å². The third-order valence-corrected chi connectivity index (χ3v) is 4.59. The van der Waals surface area contributed by atoms with E-state index in [4.69, 9.17) is 0 Å². The zero-order valence-electron chi connectivity index (χ0n) is 16.7. The third kappa shape index (κ3) is 4.97. The van der Waals surface area contributed by atoms with Crippen LogP contribution in [-0.2, 0) is 10.8 Å². The van der Waals surface area contributed by atoms with Gasteiger partial charge < -0.3 is 10.0 Å². The number of hydrogen-bond donors (Lipinski definition) is 1. The number of rotatable bonds is 5. The van der Waals surface area contributed by atoms with E-state index in [2.05, 4.69) is 79.6 Å². The van der Waals surface area contributed by atoms with Crippen molar-refractivity contribution in [2.75, 3.05) is 14.1 Å². The lowest BCUT2D eigenvalue weighted by atomic mass is 9.77. The average Bonchev–Trinajstić information content (AvgIpc) is 2.37. The number of benzene rings is 1. The van der Waals surface area contributed by atoms with Gasteiger partial charge in [0.15, 0.2) is 0 Å². The van der Waals surface area contributed by atoms with E-state index < -0.39 is 0 Å². The molecule has 2 heteroatoms. The molecule has 0 saturated heterocycles. The summed E-state index contributed by atoms with van der Waals surface area (Å²) >= 11 is 0. The molecular weight excluding hydrogens is 282 g/mol.